The van der Waals surface area contributed by atoms with Gasteiger partial charge in [0.05, 0.1) is 7.11 Å². The van der Waals surface area contributed by atoms with Crippen molar-refractivity contribution in [2.24, 2.45) is 0 Å². The van der Waals surface area contributed by atoms with Crippen LogP contribution in [0.1, 0.15) is 11.7 Å². The van der Waals surface area contributed by atoms with Crippen molar-refractivity contribution < 1.29 is 9.13 Å². The lowest BCUT2D eigenvalue weighted by atomic mass is 10.1. The van der Waals surface area contributed by atoms with Gasteiger partial charge in [-0.05, 0) is 17.7 Å². The maximum absolute atomic E-state index is 13.0. The molecule has 0 N–H and O–H groups in total. The maximum Gasteiger partial charge on any atom is 0.135 e. The molecule has 0 heterocycles. The Kier molecular flexibility index (Phi) is 3.53. The van der Waals surface area contributed by atoms with Gasteiger partial charge in [-0.1, -0.05) is 28.1 Å². The second kappa shape index (κ2) is 4.45. The van der Waals surface area contributed by atoms with E-state index >= 15 is 0 Å². The second-order valence-electron chi connectivity index (χ2n) is 2.39. The molecule has 0 fully saturated rings. The molecule has 0 radical (unpaired) electrons. The van der Waals surface area contributed by atoms with Crippen molar-refractivity contribution in [2.45, 2.75) is 6.17 Å². The van der Waals surface area contributed by atoms with E-state index in [2.05, 4.69) is 15.9 Å². The lowest BCUT2D eigenvalue weighted by Crippen LogP contribution is -1.92. The summed E-state index contributed by atoms with van der Waals surface area (Å²) in [6, 6.07) is 6.96. The Labute approximate surface area is 79.7 Å². The number of ether oxygens (including phenoxy) is 1. The molecule has 0 aromatic heterocycles. The van der Waals surface area contributed by atoms with Gasteiger partial charge in [-0.2, -0.15) is 0 Å². The summed E-state index contributed by atoms with van der Waals surface area (Å²) in [6.07, 6.45) is -0.934. The normalized spacial score (nSPS) is 12.6. The van der Waals surface area contributed by atoms with Gasteiger partial charge in [-0.25, -0.2) is 4.39 Å². The standard InChI is InChI=1S/C9H10BrFO/c1-12-8-4-2-7(3-5-8)9(11)6-10/h2-5,9H,6H2,1H3/t9-/m1/s1. The number of hydrogen-bond donors (Lipinski definition) is 0. The molecule has 3 heteroatoms. The van der Waals surface area contributed by atoms with E-state index in [0.29, 0.717) is 10.9 Å². The van der Waals surface area contributed by atoms with Crippen LogP contribution in [0.3, 0.4) is 0 Å². The Hall–Kier alpha value is -0.570. The minimum absolute atomic E-state index is 0.333. The summed E-state index contributed by atoms with van der Waals surface area (Å²) < 4.78 is 18.0. The monoisotopic (exact) mass is 232 g/mol. The van der Waals surface area contributed by atoms with Gasteiger partial charge in [0, 0.05) is 5.33 Å². The first-order valence-electron chi connectivity index (χ1n) is 3.62. The van der Waals surface area contributed by atoms with Crippen LogP contribution in [0, 0.1) is 0 Å². The predicted octanol–water partition coefficient (Wildman–Crippen LogP) is 3.10. The molecule has 1 atom stereocenters. The van der Waals surface area contributed by atoms with Gasteiger partial charge in [0.1, 0.15) is 11.9 Å². The summed E-state index contributed by atoms with van der Waals surface area (Å²) in [6.45, 7) is 0. The second-order valence-corrected chi connectivity index (χ2v) is 3.04. The van der Waals surface area contributed by atoms with Gasteiger partial charge in [0.2, 0.25) is 0 Å². The van der Waals surface area contributed by atoms with Gasteiger partial charge < -0.3 is 4.74 Å². The minimum Gasteiger partial charge on any atom is -0.497 e. The highest BCUT2D eigenvalue weighted by Gasteiger charge is 2.06. The van der Waals surface area contributed by atoms with Crippen LogP contribution in [0.4, 0.5) is 4.39 Å². The van der Waals surface area contributed by atoms with Gasteiger partial charge in [-0.15, -0.1) is 0 Å². The van der Waals surface area contributed by atoms with E-state index in [0.717, 1.165) is 5.75 Å². The van der Waals surface area contributed by atoms with Gasteiger partial charge in [0.25, 0.3) is 0 Å². The van der Waals surface area contributed by atoms with Crippen LogP contribution < -0.4 is 4.74 Å². The summed E-state index contributed by atoms with van der Waals surface area (Å²) >= 11 is 3.08. The molecule has 0 spiro atoms. The van der Waals surface area contributed by atoms with E-state index in [4.69, 9.17) is 4.74 Å². The van der Waals surface area contributed by atoms with Gasteiger partial charge in [-0.3, -0.25) is 0 Å². The van der Waals surface area contributed by atoms with Crippen LogP contribution in [0.2, 0.25) is 0 Å². The van der Waals surface area contributed by atoms with Crippen LogP contribution in [-0.4, -0.2) is 12.4 Å². The molecule has 0 saturated carbocycles. The van der Waals surface area contributed by atoms with Crippen LogP contribution in [0.25, 0.3) is 0 Å². The highest BCUT2D eigenvalue weighted by atomic mass is 79.9. The largest absolute Gasteiger partial charge is 0.497 e. The summed E-state index contributed by atoms with van der Waals surface area (Å²) in [4.78, 5) is 0. The van der Waals surface area contributed by atoms with E-state index in [1.54, 1.807) is 31.4 Å². The Morgan fingerprint density at radius 3 is 2.42 bits per heavy atom. The lowest BCUT2D eigenvalue weighted by Gasteiger charge is -2.05. The summed E-state index contributed by atoms with van der Waals surface area (Å²) in [5.41, 5.74) is 0.674. The molecule has 0 unspecified atom stereocenters. The quantitative estimate of drug-likeness (QED) is 0.729. The predicted molar refractivity (Wildman–Crippen MR) is 50.6 cm³/mol. The molecule has 0 bridgehead atoms. The molecule has 1 rings (SSSR count). The van der Waals surface area contributed by atoms with Crippen LogP contribution in [0.5, 0.6) is 5.75 Å². The average Bonchev–Trinajstić information content (AvgIpc) is 2.17. The molecule has 0 amide bonds. The Morgan fingerprint density at radius 1 is 1.42 bits per heavy atom. The van der Waals surface area contributed by atoms with Gasteiger partial charge >= 0.3 is 0 Å². The van der Waals surface area contributed by atoms with Crippen molar-refractivity contribution in [3.8, 4) is 5.75 Å². The van der Waals surface area contributed by atoms with Crippen LogP contribution in [-0.2, 0) is 0 Å². The number of alkyl halides is 2. The molecule has 0 saturated heterocycles. The zero-order chi connectivity index (χ0) is 8.97. The Morgan fingerprint density at radius 2 is 2.00 bits per heavy atom. The molecule has 1 aromatic carbocycles. The van der Waals surface area contributed by atoms with Crippen molar-refractivity contribution in [2.75, 3.05) is 12.4 Å². The molecule has 12 heavy (non-hydrogen) atoms. The Bertz CT molecular complexity index is 235. The lowest BCUT2D eigenvalue weighted by molar-refractivity contribution is 0.381. The molecule has 0 aliphatic carbocycles. The third kappa shape index (κ3) is 2.21. The fourth-order valence-corrected chi connectivity index (χ4v) is 1.28. The zero-order valence-corrected chi connectivity index (χ0v) is 8.34. The van der Waals surface area contributed by atoms with E-state index in [-0.39, 0.29) is 0 Å². The van der Waals surface area contributed by atoms with E-state index in [1.165, 1.54) is 0 Å². The highest BCUT2D eigenvalue weighted by molar-refractivity contribution is 9.09. The first-order valence-corrected chi connectivity index (χ1v) is 4.74. The smallest absolute Gasteiger partial charge is 0.135 e. The molecule has 66 valence electrons. The number of methoxy groups -OCH3 is 1. The topological polar surface area (TPSA) is 9.23 Å². The van der Waals surface area contributed by atoms with Crippen molar-refractivity contribution >= 4 is 15.9 Å². The fraction of sp³-hybridized carbons (Fsp3) is 0.333. The van der Waals surface area contributed by atoms with Crippen molar-refractivity contribution in [1.82, 2.24) is 0 Å². The molecular weight excluding hydrogens is 223 g/mol. The zero-order valence-electron chi connectivity index (χ0n) is 6.76. The Balaban J connectivity index is 2.77. The third-order valence-electron chi connectivity index (χ3n) is 1.61. The van der Waals surface area contributed by atoms with Crippen molar-refractivity contribution in [3.05, 3.63) is 29.8 Å². The SMILES string of the molecule is COc1ccc([C@H](F)CBr)cc1. The number of benzene rings is 1. The van der Waals surface area contributed by atoms with Gasteiger partial charge in [0.15, 0.2) is 0 Å². The maximum atomic E-state index is 13.0. The van der Waals surface area contributed by atoms with E-state index in [1.807, 2.05) is 0 Å². The number of rotatable bonds is 3. The highest BCUT2D eigenvalue weighted by Crippen LogP contribution is 2.21. The van der Waals surface area contributed by atoms with Crippen molar-refractivity contribution in [1.29, 1.82) is 0 Å². The van der Waals surface area contributed by atoms with Crippen LogP contribution >= 0.6 is 15.9 Å². The molecule has 1 aromatic rings. The molecule has 1 nitrogen and oxygen atoms in total. The van der Waals surface area contributed by atoms with E-state index in [9.17, 15) is 4.39 Å². The van der Waals surface area contributed by atoms with Crippen molar-refractivity contribution in [3.63, 3.8) is 0 Å². The third-order valence-corrected chi connectivity index (χ3v) is 2.18. The molecular formula is C9H10BrFO. The molecule has 0 aliphatic rings. The number of halogens is 2. The number of hydrogen-bond acceptors (Lipinski definition) is 1. The minimum atomic E-state index is -0.934. The fourth-order valence-electron chi connectivity index (χ4n) is 0.902. The summed E-state index contributed by atoms with van der Waals surface area (Å²) in [7, 11) is 1.59. The average molecular weight is 233 g/mol. The van der Waals surface area contributed by atoms with Crippen LogP contribution in [0.15, 0.2) is 24.3 Å². The summed E-state index contributed by atoms with van der Waals surface area (Å²) in [5.74, 6) is 0.750. The van der Waals surface area contributed by atoms with E-state index < -0.39 is 6.17 Å². The molecule has 0 aliphatic heterocycles. The first kappa shape index (κ1) is 9.52. The first-order chi connectivity index (χ1) is 5.77. The summed E-state index contributed by atoms with van der Waals surface area (Å²) in [5, 5.41) is 0.333.